The Hall–Kier alpha value is -1.79. The molecule has 2 aliphatic carbocycles. The summed E-state index contributed by atoms with van der Waals surface area (Å²) in [7, 11) is 0. The number of nitrogens with zero attached hydrogens (tertiary/aromatic N) is 1. The highest BCUT2D eigenvalue weighted by Gasteiger charge is 2.36. The van der Waals surface area contributed by atoms with Crippen LogP contribution in [0.4, 0.5) is 0 Å². The Kier molecular flexibility index (Phi) is 5.81. The third kappa shape index (κ3) is 5.09. The van der Waals surface area contributed by atoms with Crippen LogP contribution in [-0.2, 0) is 11.3 Å². The number of aliphatic carboxylic acids is 1. The lowest BCUT2D eigenvalue weighted by Crippen LogP contribution is -2.54. The van der Waals surface area contributed by atoms with Crippen LogP contribution in [0, 0.1) is 5.92 Å². The highest BCUT2D eigenvalue weighted by molar-refractivity contribution is 5.69. The molecule has 0 spiro atoms. The van der Waals surface area contributed by atoms with Crippen molar-refractivity contribution in [3.63, 3.8) is 0 Å². The van der Waals surface area contributed by atoms with Crippen molar-refractivity contribution in [1.82, 2.24) is 10.2 Å². The molecule has 1 aromatic rings. The molecule has 0 atom stereocenters. The molecule has 2 saturated carbocycles. The molecular weight excluding hydrogens is 320 g/mol. The molecule has 0 saturated heterocycles. The van der Waals surface area contributed by atoms with Gasteiger partial charge >= 0.3 is 5.97 Å². The van der Waals surface area contributed by atoms with Crippen LogP contribution in [0.25, 0.3) is 0 Å². The van der Waals surface area contributed by atoms with Crippen molar-refractivity contribution in [2.45, 2.75) is 51.2 Å². The summed E-state index contributed by atoms with van der Waals surface area (Å²) >= 11 is 0. The van der Waals surface area contributed by atoms with Crippen molar-refractivity contribution >= 4 is 5.97 Å². The van der Waals surface area contributed by atoms with Gasteiger partial charge in [0.1, 0.15) is 0 Å². The van der Waals surface area contributed by atoms with Crippen LogP contribution >= 0.6 is 0 Å². The van der Waals surface area contributed by atoms with E-state index >= 15 is 0 Å². The number of phenols is 1. The number of nitrogens with one attached hydrogen (secondary N) is 1. The summed E-state index contributed by atoms with van der Waals surface area (Å²) in [5, 5.41) is 22.4. The Bertz CT molecular complexity index is 597. The zero-order valence-corrected chi connectivity index (χ0v) is 14.8. The summed E-state index contributed by atoms with van der Waals surface area (Å²) in [6.07, 6.45) is 4.48. The van der Waals surface area contributed by atoms with E-state index in [-0.39, 0.29) is 12.3 Å². The van der Waals surface area contributed by atoms with E-state index in [2.05, 4.69) is 10.2 Å². The van der Waals surface area contributed by atoms with Crippen molar-refractivity contribution in [2.24, 2.45) is 5.92 Å². The Labute approximate surface area is 148 Å². The first kappa shape index (κ1) is 18.0. The SMILES string of the molecule is CCOc1cc(CNC2CC(N(CC(=O)O)CC3CC3)C2)ccc1O. The van der Waals surface area contributed by atoms with Crippen molar-refractivity contribution in [3.05, 3.63) is 23.8 Å². The lowest BCUT2D eigenvalue weighted by Gasteiger charge is -2.43. The van der Waals surface area contributed by atoms with E-state index in [9.17, 15) is 9.90 Å². The topological polar surface area (TPSA) is 82.0 Å². The second-order valence-corrected chi connectivity index (χ2v) is 7.20. The van der Waals surface area contributed by atoms with Crippen LogP contribution in [-0.4, -0.2) is 52.9 Å². The molecule has 25 heavy (non-hydrogen) atoms. The van der Waals surface area contributed by atoms with Gasteiger partial charge in [-0.25, -0.2) is 0 Å². The van der Waals surface area contributed by atoms with E-state index in [1.165, 1.54) is 12.8 Å². The zero-order chi connectivity index (χ0) is 17.8. The predicted octanol–water partition coefficient (Wildman–Crippen LogP) is 2.21. The average molecular weight is 348 g/mol. The molecule has 6 nitrogen and oxygen atoms in total. The highest BCUT2D eigenvalue weighted by atomic mass is 16.5. The molecule has 0 aromatic heterocycles. The number of rotatable bonds is 10. The number of carbonyl (C=O) groups is 1. The Morgan fingerprint density at radius 2 is 2.12 bits per heavy atom. The van der Waals surface area contributed by atoms with E-state index in [4.69, 9.17) is 9.84 Å². The van der Waals surface area contributed by atoms with Gasteiger partial charge in [-0.1, -0.05) is 6.07 Å². The molecule has 0 unspecified atom stereocenters. The molecule has 138 valence electrons. The first-order valence-electron chi connectivity index (χ1n) is 9.19. The number of hydrogen-bond donors (Lipinski definition) is 3. The molecule has 0 heterocycles. The van der Waals surface area contributed by atoms with E-state index in [0.29, 0.717) is 30.4 Å². The highest BCUT2D eigenvalue weighted by Crippen LogP contribution is 2.34. The van der Waals surface area contributed by atoms with Crippen molar-refractivity contribution in [1.29, 1.82) is 0 Å². The van der Waals surface area contributed by atoms with Gasteiger partial charge in [0.25, 0.3) is 0 Å². The number of carboxylic acid groups (broad SMARTS) is 1. The molecule has 3 rings (SSSR count). The molecule has 3 N–H and O–H groups in total. The molecule has 0 radical (unpaired) electrons. The zero-order valence-electron chi connectivity index (χ0n) is 14.8. The van der Waals surface area contributed by atoms with Crippen LogP contribution in [0.5, 0.6) is 11.5 Å². The summed E-state index contributed by atoms with van der Waals surface area (Å²) in [4.78, 5) is 13.2. The summed E-state index contributed by atoms with van der Waals surface area (Å²) in [5.41, 5.74) is 1.07. The van der Waals surface area contributed by atoms with Gasteiger partial charge in [-0.15, -0.1) is 0 Å². The first-order chi connectivity index (χ1) is 12.0. The van der Waals surface area contributed by atoms with Crippen LogP contribution < -0.4 is 10.1 Å². The van der Waals surface area contributed by atoms with Crippen LogP contribution in [0.1, 0.15) is 38.2 Å². The second-order valence-electron chi connectivity index (χ2n) is 7.20. The van der Waals surface area contributed by atoms with Crippen molar-refractivity contribution < 1.29 is 19.7 Å². The summed E-state index contributed by atoms with van der Waals surface area (Å²) < 4.78 is 5.41. The van der Waals surface area contributed by atoms with Crippen molar-refractivity contribution in [2.75, 3.05) is 19.7 Å². The quantitative estimate of drug-likeness (QED) is 0.601. The number of aromatic hydroxyl groups is 1. The number of carboxylic acids is 1. The molecule has 0 amide bonds. The first-order valence-corrected chi connectivity index (χ1v) is 9.19. The van der Waals surface area contributed by atoms with Crippen LogP contribution in [0.3, 0.4) is 0 Å². The maximum Gasteiger partial charge on any atom is 0.317 e. The summed E-state index contributed by atoms with van der Waals surface area (Å²) in [6, 6.07) is 6.23. The monoisotopic (exact) mass is 348 g/mol. The van der Waals surface area contributed by atoms with E-state index in [0.717, 1.165) is 31.5 Å². The number of hydrogen-bond acceptors (Lipinski definition) is 5. The maximum atomic E-state index is 11.1. The normalized spacial score (nSPS) is 22.6. The largest absolute Gasteiger partial charge is 0.504 e. The Morgan fingerprint density at radius 3 is 2.76 bits per heavy atom. The summed E-state index contributed by atoms with van der Waals surface area (Å²) in [6.45, 7) is 4.22. The number of benzene rings is 1. The number of ether oxygens (including phenoxy) is 1. The molecule has 0 bridgehead atoms. The molecule has 2 fully saturated rings. The summed E-state index contributed by atoms with van der Waals surface area (Å²) in [5.74, 6) is 0.661. The minimum Gasteiger partial charge on any atom is -0.504 e. The number of phenolic OH excluding ortho intramolecular Hbond substituents is 1. The third-order valence-corrected chi connectivity index (χ3v) is 5.08. The van der Waals surface area contributed by atoms with Crippen LogP contribution in [0.2, 0.25) is 0 Å². The fourth-order valence-electron chi connectivity index (χ4n) is 3.40. The predicted molar refractivity (Wildman–Crippen MR) is 94.9 cm³/mol. The molecule has 6 heteroatoms. The maximum absolute atomic E-state index is 11.1. The van der Waals surface area contributed by atoms with Gasteiger partial charge in [-0.05, 0) is 56.2 Å². The van der Waals surface area contributed by atoms with Gasteiger partial charge in [0.05, 0.1) is 13.2 Å². The fraction of sp³-hybridized carbons (Fsp3) is 0.632. The van der Waals surface area contributed by atoms with Gasteiger partial charge in [0, 0.05) is 25.2 Å². The third-order valence-electron chi connectivity index (χ3n) is 5.08. The Balaban J connectivity index is 1.45. The molecule has 0 aliphatic heterocycles. The standard InChI is InChI=1S/C19H28N2O4/c1-2-25-18-7-14(5-6-17(18)22)10-20-15-8-16(9-15)21(12-19(23)24)11-13-3-4-13/h5-7,13,15-16,20,22H,2-4,8-12H2,1H3,(H,23,24). The molecule has 1 aromatic carbocycles. The average Bonchev–Trinajstić information content (AvgIpc) is 3.32. The fourth-order valence-corrected chi connectivity index (χ4v) is 3.40. The van der Waals surface area contributed by atoms with Gasteiger partial charge in [0.15, 0.2) is 11.5 Å². The smallest absolute Gasteiger partial charge is 0.317 e. The second kappa shape index (κ2) is 8.06. The van der Waals surface area contributed by atoms with Crippen LogP contribution in [0.15, 0.2) is 18.2 Å². The van der Waals surface area contributed by atoms with Gasteiger partial charge in [-0.2, -0.15) is 0 Å². The van der Waals surface area contributed by atoms with E-state index < -0.39 is 5.97 Å². The Morgan fingerprint density at radius 1 is 1.36 bits per heavy atom. The molecule has 2 aliphatic rings. The van der Waals surface area contributed by atoms with E-state index in [1.807, 2.05) is 19.1 Å². The van der Waals surface area contributed by atoms with Gasteiger partial charge < -0.3 is 20.3 Å². The minimum atomic E-state index is -0.732. The lowest BCUT2D eigenvalue weighted by molar-refractivity contribution is -0.139. The molecular formula is C19H28N2O4. The van der Waals surface area contributed by atoms with Gasteiger partial charge in [-0.3, -0.25) is 9.69 Å². The van der Waals surface area contributed by atoms with Gasteiger partial charge in [0.2, 0.25) is 0 Å². The van der Waals surface area contributed by atoms with Crippen molar-refractivity contribution in [3.8, 4) is 11.5 Å². The lowest BCUT2D eigenvalue weighted by atomic mass is 9.85. The minimum absolute atomic E-state index is 0.156. The van der Waals surface area contributed by atoms with E-state index in [1.54, 1.807) is 6.07 Å².